The van der Waals surface area contributed by atoms with Crippen LogP contribution in [0, 0.1) is 12.7 Å². The Hall–Kier alpha value is -3.46. The van der Waals surface area contributed by atoms with Crippen molar-refractivity contribution in [1.29, 1.82) is 0 Å². The van der Waals surface area contributed by atoms with E-state index in [1.54, 1.807) is 47.9 Å². The summed E-state index contributed by atoms with van der Waals surface area (Å²) in [6.45, 7) is 4.03. The van der Waals surface area contributed by atoms with E-state index in [9.17, 15) is 14.0 Å². The number of carbonyl (C=O) groups is 1. The van der Waals surface area contributed by atoms with Crippen LogP contribution in [0.3, 0.4) is 0 Å². The molecule has 9 heteroatoms. The lowest BCUT2D eigenvalue weighted by molar-refractivity contribution is 0.102. The lowest BCUT2D eigenvalue weighted by Crippen LogP contribution is -2.23. The normalized spacial score (nSPS) is 11.0. The first-order valence-electron chi connectivity index (χ1n) is 8.89. The van der Waals surface area contributed by atoms with E-state index in [-0.39, 0.29) is 10.7 Å². The molecule has 0 atom stereocenters. The van der Waals surface area contributed by atoms with Crippen LogP contribution in [0.4, 0.5) is 9.52 Å². The molecule has 0 fully saturated rings. The third-order valence-corrected chi connectivity index (χ3v) is 5.31. The van der Waals surface area contributed by atoms with Crippen LogP contribution >= 0.6 is 11.3 Å². The van der Waals surface area contributed by atoms with Crippen molar-refractivity contribution in [2.45, 2.75) is 20.4 Å². The monoisotopic (exact) mass is 409 g/mol. The first-order chi connectivity index (χ1) is 14.0. The van der Waals surface area contributed by atoms with Crippen LogP contribution in [-0.4, -0.2) is 25.7 Å². The van der Waals surface area contributed by atoms with Gasteiger partial charge in [-0.05, 0) is 44.2 Å². The Labute approximate surface area is 168 Å². The van der Waals surface area contributed by atoms with E-state index >= 15 is 0 Å². The SMILES string of the molecule is CCn1c(=O)c(C)nc2cc(C(=O)Nc3nnc(-c4ccccc4F)s3)ccc21. The van der Waals surface area contributed by atoms with Crippen LogP contribution in [0.25, 0.3) is 21.6 Å². The second-order valence-corrected chi connectivity index (χ2v) is 7.27. The molecule has 0 saturated heterocycles. The molecule has 0 spiro atoms. The molecule has 4 aromatic rings. The number of aryl methyl sites for hydroxylation is 2. The topological polar surface area (TPSA) is 89.8 Å². The number of fused-ring (bicyclic) bond motifs is 1. The van der Waals surface area contributed by atoms with Gasteiger partial charge >= 0.3 is 0 Å². The van der Waals surface area contributed by atoms with Crippen molar-refractivity contribution in [2.24, 2.45) is 0 Å². The van der Waals surface area contributed by atoms with Crippen LogP contribution in [0.15, 0.2) is 47.3 Å². The van der Waals surface area contributed by atoms with Gasteiger partial charge in [0.25, 0.3) is 11.5 Å². The summed E-state index contributed by atoms with van der Waals surface area (Å²) < 4.78 is 15.5. The van der Waals surface area contributed by atoms with Crippen molar-refractivity contribution in [3.8, 4) is 10.6 Å². The molecule has 1 N–H and O–H groups in total. The fourth-order valence-electron chi connectivity index (χ4n) is 3.02. The molecule has 0 aliphatic carbocycles. The number of nitrogens with zero attached hydrogens (tertiary/aromatic N) is 4. The van der Waals surface area contributed by atoms with Crippen LogP contribution in [-0.2, 0) is 6.54 Å². The number of halogens is 1. The van der Waals surface area contributed by atoms with Gasteiger partial charge in [0.15, 0.2) is 5.01 Å². The fourth-order valence-corrected chi connectivity index (χ4v) is 3.78. The smallest absolute Gasteiger partial charge is 0.272 e. The van der Waals surface area contributed by atoms with Crippen LogP contribution in [0.2, 0.25) is 0 Å². The number of benzene rings is 2. The van der Waals surface area contributed by atoms with E-state index in [0.717, 1.165) is 11.3 Å². The van der Waals surface area contributed by atoms with Crippen molar-refractivity contribution >= 4 is 33.4 Å². The maximum atomic E-state index is 13.9. The number of hydrogen-bond acceptors (Lipinski definition) is 6. The first kappa shape index (κ1) is 18.9. The Kier molecular flexibility index (Phi) is 4.89. The van der Waals surface area contributed by atoms with Gasteiger partial charge in [0.2, 0.25) is 5.13 Å². The maximum absolute atomic E-state index is 13.9. The number of carbonyl (C=O) groups excluding carboxylic acids is 1. The quantitative estimate of drug-likeness (QED) is 0.556. The Morgan fingerprint density at radius 2 is 2.00 bits per heavy atom. The molecule has 4 rings (SSSR count). The second-order valence-electron chi connectivity index (χ2n) is 6.30. The van der Waals surface area contributed by atoms with Gasteiger partial charge in [0.05, 0.1) is 11.0 Å². The van der Waals surface area contributed by atoms with Gasteiger partial charge in [-0.3, -0.25) is 14.9 Å². The molecule has 29 heavy (non-hydrogen) atoms. The molecule has 0 aliphatic heterocycles. The van der Waals surface area contributed by atoms with Crippen molar-refractivity contribution in [3.63, 3.8) is 0 Å². The summed E-state index contributed by atoms with van der Waals surface area (Å²) in [7, 11) is 0. The van der Waals surface area contributed by atoms with Crippen molar-refractivity contribution in [3.05, 3.63) is 69.9 Å². The van der Waals surface area contributed by atoms with Crippen LogP contribution < -0.4 is 10.9 Å². The predicted octanol–water partition coefficient (Wildman–Crippen LogP) is 3.63. The zero-order valence-electron chi connectivity index (χ0n) is 15.6. The number of aromatic nitrogens is 4. The molecule has 0 radical (unpaired) electrons. The summed E-state index contributed by atoms with van der Waals surface area (Å²) in [6, 6.07) is 11.2. The molecular formula is C20H16FN5O2S. The Morgan fingerprint density at radius 1 is 1.21 bits per heavy atom. The number of nitrogens with one attached hydrogen (secondary N) is 1. The van der Waals surface area contributed by atoms with E-state index in [4.69, 9.17) is 0 Å². The maximum Gasteiger partial charge on any atom is 0.272 e. The zero-order chi connectivity index (χ0) is 20.5. The van der Waals surface area contributed by atoms with Crippen LogP contribution in [0.1, 0.15) is 23.0 Å². The van der Waals surface area contributed by atoms with Gasteiger partial charge in [-0.15, -0.1) is 10.2 Å². The van der Waals surface area contributed by atoms with Gasteiger partial charge in [-0.25, -0.2) is 9.37 Å². The highest BCUT2D eigenvalue weighted by Crippen LogP contribution is 2.28. The Balaban J connectivity index is 1.62. The highest BCUT2D eigenvalue weighted by atomic mass is 32.1. The lowest BCUT2D eigenvalue weighted by atomic mass is 10.1. The number of amides is 1. The third kappa shape index (κ3) is 3.52. The molecule has 0 aliphatic rings. The van der Waals surface area contributed by atoms with Gasteiger partial charge in [-0.1, -0.05) is 23.5 Å². The minimum absolute atomic E-state index is 0.147. The molecule has 0 bridgehead atoms. The van der Waals surface area contributed by atoms with E-state index in [1.165, 1.54) is 6.07 Å². The molecule has 0 unspecified atom stereocenters. The first-order valence-corrected chi connectivity index (χ1v) is 9.70. The highest BCUT2D eigenvalue weighted by molar-refractivity contribution is 7.18. The summed E-state index contributed by atoms with van der Waals surface area (Å²) in [5, 5.41) is 11.2. The molecule has 0 saturated carbocycles. The zero-order valence-corrected chi connectivity index (χ0v) is 16.5. The molecule has 146 valence electrons. The van der Waals surface area contributed by atoms with Crippen molar-refractivity contribution < 1.29 is 9.18 Å². The second kappa shape index (κ2) is 7.51. The average Bonchev–Trinajstić information content (AvgIpc) is 3.17. The highest BCUT2D eigenvalue weighted by Gasteiger charge is 2.15. The van der Waals surface area contributed by atoms with Gasteiger partial charge in [-0.2, -0.15) is 0 Å². The summed E-state index contributed by atoms with van der Waals surface area (Å²) in [5.41, 5.74) is 2.14. The molecule has 1 amide bonds. The average molecular weight is 409 g/mol. The van der Waals surface area contributed by atoms with Gasteiger partial charge < -0.3 is 4.57 Å². The van der Waals surface area contributed by atoms with E-state index in [1.807, 2.05) is 6.92 Å². The van der Waals surface area contributed by atoms with Crippen LogP contribution in [0.5, 0.6) is 0 Å². The third-order valence-electron chi connectivity index (χ3n) is 4.44. The fraction of sp³-hybridized carbons (Fsp3) is 0.150. The van der Waals surface area contributed by atoms with Gasteiger partial charge in [0, 0.05) is 17.7 Å². The molecule has 2 aromatic heterocycles. The summed E-state index contributed by atoms with van der Waals surface area (Å²) >= 11 is 1.08. The molecule has 7 nitrogen and oxygen atoms in total. The van der Waals surface area contributed by atoms with Gasteiger partial charge in [0.1, 0.15) is 11.5 Å². The van der Waals surface area contributed by atoms with E-state index in [2.05, 4.69) is 20.5 Å². The largest absolute Gasteiger partial charge is 0.305 e. The van der Waals surface area contributed by atoms with Crippen molar-refractivity contribution in [1.82, 2.24) is 19.7 Å². The van der Waals surface area contributed by atoms with E-state index < -0.39 is 11.7 Å². The molecule has 2 heterocycles. The Bertz CT molecular complexity index is 1300. The Morgan fingerprint density at radius 3 is 2.76 bits per heavy atom. The number of rotatable bonds is 4. The summed E-state index contributed by atoms with van der Waals surface area (Å²) in [6.07, 6.45) is 0. The van der Waals surface area contributed by atoms with Crippen molar-refractivity contribution in [2.75, 3.05) is 5.32 Å². The lowest BCUT2D eigenvalue weighted by Gasteiger charge is -2.09. The predicted molar refractivity (Wildman–Crippen MR) is 110 cm³/mol. The standard InChI is InChI=1S/C20H16FN5O2S/c1-3-26-16-9-8-12(10-15(16)22-11(2)19(26)28)17(27)23-20-25-24-18(29-20)13-6-4-5-7-14(13)21/h4-10H,3H2,1-2H3,(H,23,25,27). The number of hydrogen-bond donors (Lipinski definition) is 1. The molecule has 2 aromatic carbocycles. The summed E-state index contributed by atoms with van der Waals surface area (Å²) in [4.78, 5) is 29.1. The minimum atomic E-state index is -0.403. The summed E-state index contributed by atoms with van der Waals surface area (Å²) in [5.74, 6) is -0.795. The van der Waals surface area contributed by atoms with E-state index in [0.29, 0.717) is 39.4 Å². The molecular weight excluding hydrogens is 393 g/mol. The number of anilines is 1. The minimum Gasteiger partial charge on any atom is -0.305 e.